The molecule has 0 saturated carbocycles. The molecule has 84 valence electrons. The minimum Gasteiger partial charge on any atom is -0.267 e. The van der Waals surface area contributed by atoms with Gasteiger partial charge in [-0.3, -0.25) is 4.79 Å². The van der Waals surface area contributed by atoms with Crippen LogP contribution in [0.4, 0.5) is 0 Å². The predicted octanol–water partition coefficient (Wildman–Crippen LogP) is 2.43. The largest absolute Gasteiger partial charge is 0.274 e. The fourth-order valence-electron chi connectivity index (χ4n) is 1.58. The van der Waals surface area contributed by atoms with Gasteiger partial charge < -0.3 is 0 Å². The zero-order chi connectivity index (χ0) is 11.7. The molecule has 1 aromatic heterocycles. The van der Waals surface area contributed by atoms with Gasteiger partial charge in [-0.05, 0) is 6.07 Å². The number of hydrogen-bond donors (Lipinski definition) is 0. The fourth-order valence-corrected chi connectivity index (χ4v) is 2.50. The molecule has 0 atom stereocenters. The van der Waals surface area contributed by atoms with Crippen molar-refractivity contribution in [3.63, 3.8) is 0 Å². The predicted molar refractivity (Wildman–Crippen MR) is 68.0 cm³/mol. The van der Waals surface area contributed by atoms with Crippen molar-refractivity contribution in [2.45, 2.75) is 24.1 Å². The maximum absolute atomic E-state index is 11.9. The Kier molecular flexibility index (Phi) is 3.01. The van der Waals surface area contributed by atoms with Crippen LogP contribution in [-0.4, -0.2) is 15.0 Å². The Bertz CT molecular complexity index is 575. The van der Waals surface area contributed by atoms with E-state index in [1.165, 1.54) is 4.68 Å². The first kappa shape index (κ1) is 11.2. The minimum atomic E-state index is -0.0382. The topological polar surface area (TPSA) is 34.9 Å². The third-order valence-corrected chi connectivity index (χ3v) is 3.27. The van der Waals surface area contributed by atoms with Crippen molar-refractivity contribution in [3.05, 3.63) is 34.6 Å². The van der Waals surface area contributed by atoms with E-state index >= 15 is 0 Å². The summed E-state index contributed by atoms with van der Waals surface area (Å²) in [6.45, 7) is 4.23. The lowest BCUT2D eigenvalue weighted by molar-refractivity contribution is 0.681. The molecular weight excluding hydrogens is 220 g/mol. The number of hydrogen-bond acceptors (Lipinski definition) is 3. The van der Waals surface area contributed by atoms with Crippen LogP contribution in [0.5, 0.6) is 0 Å². The van der Waals surface area contributed by atoms with E-state index in [-0.39, 0.29) is 5.56 Å². The van der Waals surface area contributed by atoms with Crippen LogP contribution in [0.3, 0.4) is 0 Å². The fraction of sp³-hybridized carbons (Fsp3) is 0.333. The van der Waals surface area contributed by atoms with Crippen molar-refractivity contribution in [2.24, 2.45) is 7.05 Å². The Morgan fingerprint density at radius 3 is 2.50 bits per heavy atom. The first-order chi connectivity index (χ1) is 7.59. The van der Waals surface area contributed by atoms with Crippen LogP contribution in [-0.2, 0) is 7.05 Å². The minimum absolute atomic E-state index is 0.0382. The van der Waals surface area contributed by atoms with E-state index in [0.29, 0.717) is 5.25 Å². The summed E-state index contributed by atoms with van der Waals surface area (Å²) in [5.74, 6) is 0. The van der Waals surface area contributed by atoms with E-state index in [2.05, 4.69) is 18.9 Å². The molecule has 0 aliphatic carbocycles. The molecule has 0 radical (unpaired) electrons. The first-order valence-corrected chi connectivity index (χ1v) is 6.10. The number of nitrogens with zero attached hydrogens (tertiary/aromatic N) is 2. The van der Waals surface area contributed by atoms with E-state index in [0.717, 1.165) is 15.8 Å². The Labute approximate surface area is 98.5 Å². The standard InChI is InChI=1S/C12H14N2OS/c1-8(2)16-11-9-6-4-5-7-10(9)12(15)14(3)13-11/h4-8H,1-3H3. The molecule has 16 heavy (non-hydrogen) atoms. The molecule has 0 N–H and O–H groups in total. The summed E-state index contributed by atoms with van der Waals surface area (Å²) in [5.41, 5.74) is -0.0382. The SMILES string of the molecule is CC(C)Sc1nn(C)c(=O)c2ccccc12. The molecule has 4 heteroatoms. The van der Waals surface area contributed by atoms with Crippen LogP contribution < -0.4 is 5.56 Å². The van der Waals surface area contributed by atoms with Crippen LogP contribution in [0, 0.1) is 0 Å². The van der Waals surface area contributed by atoms with E-state index in [9.17, 15) is 4.79 Å². The highest BCUT2D eigenvalue weighted by Gasteiger charge is 2.09. The lowest BCUT2D eigenvalue weighted by Gasteiger charge is -2.09. The van der Waals surface area contributed by atoms with Gasteiger partial charge in [0.2, 0.25) is 0 Å². The molecule has 0 bridgehead atoms. The van der Waals surface area contributed by atoms with Crippen LogP contribution in [0.15, 0.2) is 34.1 Å². The van der Waals surface area contributed by atoms with Gasteiger partial charge in [0.25, 0.3) is 5.56 Å². The zero-order valence-electron chi connectivity index (χ0n) is 9.60. The highest BCUT2D eigenvalue weighted by atomic mass is 32.2. The first-order valence-electron chi connectivity index (χ1n) is 5.22. The van der Waals surface area contributed by atoms with Crippen molar-refractivity contribution < 1.29 is 0 Å². The monoisotopic (exact) mass is 234 g/mol. The average Bonchev–Trinajstić information content (AvgIpc) is 2.25. The maximum Gasteiger partial charge on any atom is 0.274 e. The third-order valence-electron chi connectivity index (χ3n) is 2.27. The van der Waals surface area contributed by atoms with Gasteiger partial charge >= 0.3 is 0 Å². The molecule has 0 aliphatic heterocycles. The molecular formula is C12H14N2OS. The van der Waals surface area contributed by atoms with Gasteiger partial charge in [0, 0.05) is 17.7 Å². The van der Waals surface area contributed by atoms with E-state index in [4.69, 9.17) is 0 Å². The quantitative estimate of drug-likeness (QED) is 0.749. The number of rotatable bonds is 2. The summed E-state index contributed by atoms with van der Waals surface area (Å²) in [7, 11) is 1.69. The molecule has 3 nitrogen and oxygen atoms in total. The Morgan fingerprint density at radius 1 is 1.25 bits per heavy atom. The number of fused-ring (bicyclic) bond motifs is 1. The third kappa shape index (κ3) is 1.97. The smallest absolute Gasteiger partial charge is 0.267 e. The van der Waals surface area contributed by atoms with Crippen molar-refractivity contribution >= 4 is 22.5 Å². The Hall–Kier alpha value is -1.29. The van der Waals surface area contributed by atoms with Gasteiger partial charge in [0.1, 0.15) is 5.03 Å². The molecule has 0 unspecified atom stereocenters. The van der Waals surface area contributed by atoms with Gasteiger partial charge in [0.15, 0.2) is 0 Å². The van der Waals surface area contributed by atoms with Gasteiger partial charge in [-0.2, -0.15) is 5.10 Å². The van der Waals surface area contributed by atoms with Crippen molar-refractivity contribution in [3.8, 4) is 0 Å². The Balaban J connectivity index is 2.74. The van der Waals surface area contributed by atoms with Gasteiger partial charge in [-0.1, -0.05) is 32.0 Å². The van der Waals surface area contributed by atoms with E-state index in [1.807, 2.05) is 24.3 Å². The summed E-state index contributed by atoms with van der Waals surface area (Å²) >= 11 is 1.68. The molecule has 0 aliphatic rings. The normalized spacial score (nSPS) is 11.2. The molecule has 0 amide bonds. The van der Waals surface area contributed by atoms with E-state index < -0.39 is 0 Å². The molecule has 0 spiro atoms. The molecule has 2 aromatic rings. The summed E-state index contributed by atoms with van der Waals surface area (Å²) in [6, 6.07) is 7.62. The van der Waals surface area contributed by atoms with Crippen molar-refractivity contribution in [1.82, 2.24) is 9.78 Å². The molecule has 1 heterocycles. The van der Waals surface area contributed by atoms with Gasteiger partial charge in [-0.25, -0.2) is 4.68 Å². The average molecular weight is 234 g/mol. The zero-order valence-corrected chi connectivity index (χ0v) is 10.4. The van der Waals surface area contributed by atoms with Gasteiger partial charge in [-0.15, -0.1) is 11.8 Å². The number of benzene rings is 1. The summed E-state index contributed by atoms with van der Waals surface area (Å²) in [4.78, 5) is 11.9. The lowest BCUT2D eigenvalue weighted by Crippen LogP contribution is -2.20. The molecule has 0 saturated heterocycles. The summed E-state index contributed by atoms with van der Waals surface area (Å²) in [6.07, 6.45) is 0. The molecule has 0 fully saturated rings. The van der Waals surface area contributed by atoms with Crippen LogP contribution in [0.2, 0.25) is 0 Å². The van der Waals surface area contributed by atoms with Crippen molar-refractivity contribution in [2.75, 3.05) is 0 Å². The maximum atomic E-state index is 11.9. The lowest BCUT2D eigenvalue weighted by atomic mass is 10.2. The second-order valence-corrected chi connectivity index (χ2v) is 5.51. The second-order valence-electron chi connectivity index (χ2n) is 3.95. The van der Waals surface area contributed by atoms with Crippen molar-refractivity contribution in [1.29, 1.82) is 0 Å². The van der Waals surface area contributed by atoms with Gasteiger partial charge in [0.05, 0.1) is 5.39 Å². The Morgan fingerprint density at radius 2 is 1.88 bits per heavy atom. The number of aromatic nitrogens is 2. The molecule has 2 rings (SSSR count). The van der Waals surface area contributed by atoms with E-state index in [1.54, 1.807) is 18.8 Å². The summed E-state index contributed by atoms with van der Waals surface area (Å²) in [5, 5.41) is 7.37. The van der Waals surface area contributed by atoms with Crippen LogP contribution in [0.25, 0.3) is 10.8 Å². The highest BCUT2D eigenvalue weighted by Crippen LogP contribution is 2.26. The highest BCUT2D eigenvalue weighted by molar-refractivity contribution is 8.00. The second kappa shape index (κ2) is 4.29. The van der Waals surface area contributed by atoms with Crippen LogP contribution >= 0.6 is 11.8 Å². The summed E-state index contributed by atoms with van der Waals surface area (Å²) < 4.78 is 1.41. The number of thioether (sulfide) groups is 1. The molecule has 1 aromatic carbocycles. The number of aryl methyl sites for hydroxylation is 1. The van der Waals surface area contributed by atoms with Crippen LogP contribution in [0.1, 0.15) is 13.8 Å².